The van der Waals surface area contributed by atoms with Gasteiger partial charge in [-0.05, 0) is 38.5 Å². The molecule has 2 saturated heterocycles. The molecule has 1 N–H and O–H groups in total. The molecule has 0 amide bonds. The van der Waals surface area contributed by atoms with Crippen LogP contribution in [0.1, 0.15) is 38.5 Å². The Kier molecular flexibility index (Phi) is 3.50. The van der Waals surface area contributed by atoms with Crippen LogP contribution in [0.15, 0.2) is 12.2 Å². The first-order valence-electron chi connectivity index (χ1n) is 6.99. The van der Waals surface area contributed by atoms with Crippen molar-refractivity contribution in [2.75, 3.05) is 19.8 Å². The Balaban J connectivity index is 1.55. The van der Waals surface area contributed by atoms with Gasteiger partial charge in [-0.1, -0.05) is 12.2 Å². The van der Waals surface area contributed by atoms with Gasteiger partial charge in [0.25, 0.3) is 0 Å². The van der Waals surface area contributed by atoms with Gasteiger partial charge in [-0.15, -0.1) is 0 Å². The molecule has 0 bridgehead atoms. The van der Waals surface area contributed by atoms with E-state index in [1.54, 1.807) is 0 Å². The molecule has 2 aliphatic heterocycles. The molecule has 96 valence electrons. The summed E-state index contributed by atoms with van der Waals surface area (Å²) in [6, 6.07) is 1.32. The summed E-state index contributed by atoms with van der Waals surface area (Å²) in [4.78, 5) is 0. The number of nitrogens with one attached hydrogen (secondary N) is 1. The molecule has 1 atom stereocenters. The SMILES string of the molecule is C1=CCC(NC2CCOC3(CCOCC3)C2)C1. The Bertz CT molecular complexity index is 270. The second-order valence-electron chi connectivity index (χ2n) is 5.64. The molecule has 1 aliphatic carbocycles. The van der Waals surface area contributed by atoms with Gasteiger partial charge in [-0.3, -0.25) is 0 Å². The molecule has 0 radical (unpaired) electrons. The van der Waals surface area contributed by atoms with E-state index in [0.29, 0.717) is 12.1 Å². The summed E-state index contributed by atoms with van der Waals surface area (Å²) in [6.07, 6.45) is 11.5. The van der Waals surface area contributed by atoms with Crippen LogP contribution >= 0.6 is 0 Å². The first-order valence-corrected chi connectivity index (χ1v) is 6.99. The van der Waals surface area contributed by atoms with Crippen molar-refractivity contribution >= 4 is 0 Å². The average molecular weight is 237 g/mol. The Labute approximate surface area is 104 Å². The van der Waals surface area contributed by atoms with E-state index in [-0.39, 0.29) is 5.60 Å². The summed E-state index contributed by atoms with van der Waals surface area (Å²) < 4.78 is 11.5. The second kappa shape index (κ2) is 5.09. The van der Waals surface area contributed by atoms with Crippen LogP contribution in [-0.2, 0) is 9.47 Å². The Hall–Kier alpha value is -0.380. The van der Waals surface area contributed by atoms with E-state index in [1.165, 1.54) is 25.7 Å². The fourth-order valence-corrected chi connectivity index (χ4v) is 3.35. The highest BCUT2D eigenvalue weighted by Gasteiger charge is 2.39. The van der Waals surface area contributed by atoms with Crippen molar-refractivity contribution in [3.63, 3.8) is 0 Å². The number of ether oxygens (including phenoxy) is 2. The fraction of sp³-hybridized carbons (Fsp3) is 0.857. The summed E-state index contributed by atoms with van der Waals surface area (Å²) in [5.74, 6) is 0. The van der Waals surface area contributed by atoms with E-state index in [4.69, 9.17) is 9.47 Å². The van der Waals surface area contributed by atoms with Crippen LogP contribution in [0.3, 0.4) is 0 Å². The van der Waals surface area contributed by atoms with E-state index in [9.17, 15) is 0 Å². The first kappa shape index (κ1) is 11.7. The minimum absolute atomic E-state index is 0.125. The molecule has 17 heavy (non-hydrogen) atoms. The van der Waals surface area contributed by atoms with Crippen LogP contribution in [0.2, 0.25) is 0 Å². The third-order valence-corrected chi connectivity index (χ3v) is 4.38. The second-order valence-corrected chi connectivity index (χ2v) is 5.64. The van der Waals surface area contributed by atoms with Crippen molar-refractivity contribution in [3.05, 3.63) is 12.2 Å². The topological polar surface area (TPSA) is 30.5 Å². The largest absolute Gasteiger partial charge is 0.381 e. The average Bonchev–Trinajstić information content (AvgIpc) is 2.83. The highest BCUT2D eigenvalue weighted by atomic mass is 16.5. The molecule has 3 rings (SSSR count). The monoisotopic (exact) mass is 237 g/mol. The molecular formula is C14H23NO2. The van der Waals surface area contributed by atoms with E-state index < -0.39 is 0 Å². The zero-order chi connectivity index (χ0) is 11.6. The van der Waals surface area contributed by atoms with Crippen molar-refractivity contribution in [3.8, 4) is 0 Å². The lowest BCUT2D eigenvalue weighted by Gasteiger charge is -2.44. The molecule has 0 saturated carbocycles. The summed E-state index contributed by atoms with van der Waals surface area (Å²) in [5, 5.41) is 3.81. The molecule has 3 nitrogen and oxygen atoms in total. The Morgan fingerprint density at radius 2 is 1.76 bits per heavy atom. The van der Waals surface area contributed by atoms with Gasteiger partial charge < -0.3 is 14.8 Å². The highest BCUT2D eigenvalue weighted by Crippen LogP contribution is 2.34. The predicted molar refractivity (Wildman–Crippen MR) is 67.1 cm³/mol. The molecule has 0 aromatic carbocycles. The Morgan fingerprint density at radius 1 is 1.00 bits per heavy atom. The quantitative estimate of drug-likeness (QED) is 0.745. The van der Waals surface area contributed by atoms with Crippen molar-refractivity contribution in [2.24, 2.45) is 0 Å². The van der Waals surface area contributed by atoms with Gasteiger partial charge in [-0.25, -0.2) is 0 Å². The van der Waals surface area contributed by atoms with Gasteiger partial charge in [0, 0.05) is 31.9 Å². The number of rotatable bonds is 2. The number of hydrogen-bond acceptors (Lipinski definition) is 3. The minimum Gasteiger partial charge on any atom is -0.381 e. The van der Waals surface area contributed by atoms with Crippen LogP contribution < -0.4 is 5.32 Å². The summed E-state index contributed by atoms with van der Waals surface area (Å²) >= 11 is 0. The molecule has 1 spiro atoms. The molecule has 3 aliphatic rings. The maximum absolute atomic E-state index is 6.07. The van der Waals surface area contributed by atoms with Crippen LogP contribution in [0.4, 0.5) is 0 Å². The van der Waals surface area contributed by atoms with Gasteiger partial charge in [0.15, 0.2) is 0 Å². The normalized spacial score (nSPS) is 33.3. The molecule has 1 unspecified atom stereocenters. The standard InChI is InChI=1S/C14H23NO2/c1-2-4-12(3-1)15-13-5-8-17-14(11-13)6-9-16-10-7-14/h1-2,12-13,15H,3-11H2. The van der Waals surface area contributed by atoms with Crippen LogP contribution in [0.25, 0.3) is 0 Å². The molecule has 0 aromatic rings. The molecular weight excluding hydrogens is 214 g/mol. The smallest absolute Gasteiger partial charge is 0.0741 e. The first-order chi connectivity index (χ1) is 8.36. The predicted octanol–water partition coefficient (Wildman–Crippen LogP) is 2.02. The van der Waals surface area contributed by atoms with Gasteiger partial charge in [0.2, 0.25) is 0 Å². The maximum atomic E-state index is 6.07. The zero-order valence-corrected chi connectivity index (χ0v) is 10.5. The third-order valence-electron chi connectivity index (χ3n) is 4.38. The maximum Gasteiger partial charge on any atom is 0.0741 e. The minimum atomic E-state index is 0.125. The summed E-state index contributed by atoms with van der Waals surface area (Å²) in [6.45, 7) is 2.66. The molecule has 2 fully saturated rings. The molecule has 0 aromatic heterocycles. The zero-order valence-electron chi connectivity index (χ0n) is 10.5. The lowest BCUT2D eigenvalue weighted by Crippen LogP contribution is -2.51. The van der Waals surface area contributed by atoms with E-state index >= 15 is 0 Å². The van der Waals surface area contributed by atoms with E-state index in [2.05, 4.69) is 17.5 Å². The van der Waals surface area contributed by atoms with Crippen LogP contribution in [0.5, 0.6) is 0 Å². The molecule has 3 heteroatoms. The van der Waals surface area contributed by atoms with Crippen molar-refractivity contribution in [1.82, 2.24) is 5.32 Å². The lowest BCUT2D eigenvalue weighted by atomic mass is 9.84. The van der Waals surface area contributed by atoms with Gasteiger partial charge in [0.1, 0.15) is 0 Å². The van der Waals surface area contributed by atoms with Crippen molar-refractivity contribution < 1.29 is 9.47 Å². The van der Waals surface area contributed by atoms with E-state index in [0.717, 1.165) is 32.7 Å². The van der Waals surface area contributed by atoms with Crippen molar-refractivity contribution in [1.29, 1.82) is 0 Å². The Morgan fingerprint density at radius 3 is 2.53 bits per heavy atom. The van der Waals surface area contributed by atoms with Crippen LogP contribution in [0, 0.1) is 0 Å². The van der Waals surface area contributed by atoms with Gasteiger partial charge >= 0.3 is 0 Å². The van der Waals surface area contributed by atoms with E-state index in [1.807, 2.05) is 0 Å². The van der Waals surface area contributed by atoms with Crippen LogP contribution in [-0.4, -0.2) is 37.5 Å². The van der Waals surface area contributed by atoms with Gasteiger partial charge in [0.05, 0.1) is 5.60 Å². The number of hydrogen-bond donors (Lipinski definition) is 1. The summed E-state index contributed by atoms with van der Waals surface area (Å²) in [7, 11) is 0. The fourth-order valence-electron chi connectivity index (χ4n) is 3.35. The highest BCUT2D eigenvalue weighted by molar-refractivity contribution is 5.00. The van der Waals surface area contributed by atoms with Gasteiger partial charge in [-0.2, -0.15) is 0 Å². The lowest BCUT2D eigenvalue weighted by molar-refractivity contribution is -0.140. The summed E-state index contributed by atoms with van der Waals surface area (Å²) in [5.41, 5.74) is 0.125. The third kappa shape index (κ3) is 2.72. The molecule has 2 heterocycles. The van der Waals surface area contributed by atoms with Crippen molar-refractivity contribution in [2.45, 2.75) is 56.2 Å².